The highest BCUT2D eigenvalue weighted by atomic mass is 16.5. The number of fused-ring (bicyclic) bond motifs is 1. The smallest absolute Gasteiger partial charge is 0.292 e. The summed E-state index contributed by atoms with van der Waals surface area (Å²) in [6.07, 6.45) is 6.52. The van der Waals surface area contributed by atoms with Crippen LogP contribution in [0.1, 0.15) is 25.3 Å². The number of hydrogen-bond donors (Lipinski definition) is 2. The van der Waals surface area contributed by atoms with E-state index in [2.05, 4.69) is 14.6 Å². The molecule has 10 nitrogen and oxygen atoms in total. The number of ether oxygens (including phenoxy) is 1. The molecule has 1 amide bonds. The first-order chi connectivity index (χ1) is 17.0. The molecule has 176 valence electrons. The lowest BCUT2D eigenvalue weighted by molar-refractivity contribution is -0.122. The molecule has 5 aromatic rings. The quantitative estimate of drug-likeness (QED) is 0.401. The van der Waals surface area contributed by atoms with Crippen molar-refractivity contribution in [1.82, 2.24) is 24.3 Å². The predicted octanol–water partition coefficient (Wildman–Crippen LogP) is 3.51. The van der Waals surface area contributed by atoms with Crippen molar-refractivity contribution in [1.29, 1.82) is 0 Å². The van der Waals surface area contributed by atoms with E-state index in [1.54, 1.807) is 10.9 Å². The van der Waals surface area contributed by atoms with Gasteiger partial charge in [0.1, 0.15) is 28.6 Å². The van der Waals surface area contributed by atoms with Crippen molar-refractivity contribution in [3.8, 4) is 28.3 Å². The Morgan fingerprint density at radius 2 is 1.94 bits per heavy atom. The van der Waals surface area contributed by atoms with Crippen LogP contribution in [0.2, 0.25) is 0 Å². The molecule has 35 heavy (non-hydrogen) atoms. The van der Waals surface area contributed by atoms with Crippen LogP contribution in [0.25, 0.3) is 44.6 Å². The van der Waals surface area contributed by atoms with Gasteiger partial charge in [0.2, 0.25) is 5.91 Å². The summed E-state index contributed by atoms with van der Waals surface area (Å²) in [6, 6.07) is 9.57. The number of aryl methyl sites for hydroxylation is 1. The van der Waals surface area contributed by atoms with E-state index in [-0.39, 0.29) is 17.8 Å². The molecule has 4 N–H and O–H groups in total. The van der Waals surface area contributed by atoms with Gasteiger partial charge >= 0.3 is 0 Å². The molecule has 0 spiro atoms. The number of carbonyl (C=O) groups excluding carboxylic acids is 1. The third kappa shape index (κ3) is 3.24. The molecular formula is C25H23N7O3. The molecule has 3 aromatic heterocycles. The molecule has 1 atom stereocenters. The molecular weight excluding hydrogens is 446 g/mol. The van der Waals surface area contributed by atoms with Gasteiger partial charge in [0.25, 0.3) is 6.01 Å². The lowest BCUT2D eigenvalue weighted by Gasteiger charge is -2.12. The first kappa shape index (κ1) is 20.1. The van der Waals surface area contributed by atoms with Gasteiger partial charge in [-0.25, -0.2) is 4.98 Å². The number of carbonyl (C=O) groups is 1. The van der Waals surface area contributed by atoms with E-state index in [0.29, 0.717) is 17.7 Å². The Morgan fingerprint density at radius 1 is 1.09 bits per heavy atom. The maximum atomic E-state index is 12.0. The summed E-state index contributed by atoms with van der Waals surface area (Å²) in [5, 5.41) is 4.47. The summed E-state index contributed by atoms with van der Waals surface area (Å²) in [5.41, 5.74) is 17.3. The number of hydrogen-bond acceptors (Lipinski definition) is 7. The Bertz CT molecular complexity index is 1630. The van der Waals surface area contributed by atoms with Crippen LogP contribution in [0.4, 0.5) is 6.01 Å². The highest BCUT2D eigenvalue weighted by Gasteiger charge is 2.37. The number of benzene rings is 2. The van der Waals surface area contributed by atoms with Crippen molar-refractivity contribution in [2.75, 3.05) is 12.3 Å². The first-order valence-electron chi connectivity index (χ1n) is 11.7. The minimum absolute atomic E-state index is 0.143. The fourth-order valence-corrected chi connectivity index (χ4v) is 5.06. The van der Waals surface area contributed by atoms with Gasteiger partial charge in [-0.2, -0.15) is 10.1 Å². The highest BCUT2D eigenvalue weighted by molar-refractivity contribution is 5.91. The number of nitrogens with zero attached hydrogens (tertiary/aromatic N) is 5. The van der Waals surface area contributed by atoms with Crippen LogP contribution in [0.5, 0.6) is 5.75 Å². The van der Waals surface area contributed by atoms with E-state index in [9.17, 15) is 4.79 Å². The van der Waals surface area contributed by atoms with E-state index < -0.39 is 6.04 Å². The highest BCUT2D eigenvalue weighted by Crippen LogP contribution is 2.41. The Kier molecular flexibility index (Phi) is 4.20. The van der Waals surface area contributed by atoms with Gasteiger partial charge in [-0.05, 0) is 61.1 Å². The van der Waals surface area contributed by atoms with Crippen molar-refractivity contribution in [2.45, 2.75) is 31.8 Å². The third-order valence-corrected chi connectivity index (χ3v) is 6.83. The van der Waals surface area contributed by atoms with Crippen molar-refractivity contribution in [3.05, 3.63) is 42.7 Å². The van der Waals surface area contributed by atoms with E-state index in [0.717, 1.165) is 65.1 Å². The summed E-state index contributed by atoms with van der Waals surface area (Å²) in [6.45, 7) is 1.40. The molecule has 10 heteroatoms. The van der Waals surface area contributed by atoms with Gasteiger partial charge in [0, 0.05) is 23.9 Å². The van der Waals surface area contributed by atoms with Crippen LogP contribution < -0.4 is 16.2 Å². The minimum Gasteiger partial charge on any atom is -0.491 e. The predicted molar refractivity (Wildman–Crippen MR) is 129 cm³/mol. The van der Waals surface area contributed by atoms with Crippen molar-refractivity contribution >= 4 is 34.1 Å². The zero-order chi connectivity index (χ0) is 23.7. The molecule has 1 aliphatic heterocycles. The summed E-state index contributed by atoms with van der Waals surface area (Å²) in [7, 11) is 0. The van der Waals surface area contributed by atoms with Crippen LogP contribution in [0, 0.1) is 5.92 Å². The van der Waals surface area contributed by atoms with Crippen LogP contribution in [-0.4, -0.2) is 36.8 Å². The maximum Gasteiger partial charge on any atom is 0.292 e. The van der Waals surface area contributed by atoms with Gasteiger partial charge in [-0.3, -0.25) is 9.48 Å². The third-order valence-electron chi connectivity index (χ3n) is 6.83. The number of amides is 1. The standard InChI is InChI=1S/C25H23N7O3/c26-23(33)21(13-2-3-13)32-12-16(11-28-32)15-9-18-22-20(10-15)34-7-1-6-31(22)24(29-18)14-4-5-19-17(8-14)30-25(27)35-19/h4-5,8-13,21H,1-3,6-7H2,(H2,26,33)(H2,27,30)/t21-/m1/s1. The van der Waals surface area contributed by atoms with E-state index in [4.69, 9.17) is 25.6 Å². The summed E-state index contributed by atoms with van der Waals surface area (Å²) < 4.78 is 15.5. The summed E-state index contributed by atoms with van der Waals surface area (Å²) in [4.78, 5) is 21.3. The number of nitrogens with two attached hydrogens (primary N) is 2. The average molecular weight is 470 g/mol. The zero-order valence-electron chi connectivity index (χ0n) is 18.8. The van der Waals surface area contributed by atoms with Gasteiger partial charge in [-0.15, -0.1) is 0 Å². The lowest BCUT2D eigenvalue weighted by Crippen LogP contribution is -2.28. The number of anilines is 1. The number of aromatic nitrogens is 5. The average Bonchev–Trinajstić information content (AvgIpc) is 3.31. The summed E-state index contributed by atoms with van der Waals surface area (Å²) >= 11 is 0. The molecule has 2 aromatic carbocycles. The molecule has 0 saturated heterocycles. The Morgan fingerprint density at radius 3 is 2.77 bits per heavy atom. The van der Waals surface area contributed by atoms with Crippen LogP contribution in [0.15, 0.2) is 47.1 Å². The zero-order valence-corrected chi connectivity index (χ0v) is 18.8. The number of primary amides is 1. The monoisotopic (exact) mass is 469 g/mol. The van der Waals surface area contributed by atoms with Crippen molar-refractivity contribution in [3.63, 3.8) is 0 Å². The fraction of sp³-hybridized carbons (Fsp3) is 0.280. The molecule has 7 rings (SSSR count). The Labute approximate surface area is 199 Å². The second-order valence-corrected chi connectivity index (χ2v) is 9.26. The van der Waals surface area contributed by atoms with Crippen molar-refractivity contribution in [2.24, 2.45) is 11.7 Å². The van der Waals surface area contributed by atoms with Crippen molar-refractivity contribution < 1.29 is 13.9 Å². The molecule has 1 fully saturated rings. The molecule has 1 aliphatic carbocycles. The normalized spacial score (nSPS) is 16.3. The molecule has 0 bridgehead atoms. The van der Waals surface area contributed by atoms with Crippen LogP contribution >= 0.6 is 0 Å². The first-order valence-corrected chi connectivity index (χ1v) is 11.7. The number of imidazole rings is 1. The van der Waals surface area contributed by atoms with Gasteiger partial charge in [-0.1, -0.05) is 0 Å². The fourth-order valence-electron chi connectivity index (χ4n) is 5.06. The molecule has 2 aliphatic rings. The van der Waals surface area contributed by atoms with Gasteiger partial charge in [0.15, 0.2) is 5.58 Å². The minimum atomic E-state index is -0.406. The maximum absolute atomic E-state index is 12.0. The Hall–Kier alpha value is -4.34. The van der Waals surface area contributed by atoms with Gasteiger partial charge < -0.3 is 25.2 Å². The number of oxazole rings is 1. The second-order valence-electron chi connectivity index (χ2n) is 9.26. The molecule has 4 heterocycles. The van der Waals surface area contributed by atoms with Crippen LogP contribution in [0.3, 0.4) is 0 Å². The molecule has 0 radical (unpaired) electrons. The van der Waals surface area contributed by atoms with Crippen LogP contribution in [-0.2, 0) is 11.3 Å². The molecule has 0 unspecified atom stereocenters. The Balaban J connectivity index is 1.35. The SMILES string of the molecule is NC(=O)[C@@H](C1CC1)n1cc(-c2cc3c4c(c2)nc(-c2ccc5oc(N)nc5c2)n4CCCO3)cn1. The number of nitrogen functional groups attached to an aromatic ring is 1. The van der Waals surface area contributed by atoms with E-state index in [1.165, 1.54) is 0 Å². The second kappa shape index (κ2) is 7.33. The van der Waals surface area contributed by atoms with Gasteiger partial charge in [0.05, 0.1) is 18.3 Å². The molecule has 1 saturated carbocycles. The van der Waals surface area contributed by atoms with E-state index in [1.807, 2.05) is 36.5 Å². The summed E-state index contributed by atoms with van der Waals surface area (Å²) in [5.74, 6) is 1.54. The number of rotatable bonds is 5. The topological polar surface area (TPSA) is 140 Å². The largest absolute Gasteiger partial charge is 0.491 e. The van der Waals surface area contributed by atoms with E-state index >= 15 is 0 Å². The lowest BCUT2D eigenvalue weighted by atomic mass is 10.1.